The Labute approximate surface area is 100 Å². The molecule has 0 spiro atoms. The van der Waals surface area contributed by atoms with Crippen molar-refractivity contribution in [2.45, 2.75) is 13.3 Å². The minimum atomic E-state index is -0.844. The van der Waals surface area contributed by atoms with Crippen molar-refractivity contribution in [3.8, 4) is 0 Å². The van der Waals surface area contributed by atoms with Crippen molar-refractivity contribution < 1.29 is 9.90 Å². The van der Waals surface area contributed by atoms with Gasteiger partial charge in [0.15, 0.2) is 5.82 Å². The minimum Gasteiger partial charge on any atom is -0.481 e. The Morgan fingerprint density at radius 2 is 2.06 bits per heavy atom. The molecule has 1 heterocycles. The van der Waals surface area contributed by atoms with E-state index in [9.17, 15) is 4.79 Å². The van der Waals surface area contributed by atoms with Crippen LogP contribution >= 0.6 is 0 Å². The molecular formula is C13H14N2O2. The number of hydrogen-bond acceptors (Lipinski definition) is 3. The Kier molecular flexibility index (Phi) is 4.81. The Morgan fingerprint density at radius 1 is 1.41 bits per heavy atom. The van der Waals surface area contributed by atoms with Crippen LogP contribution in [0, 0.1) is 0 Å². The highest BCUT2D eigenvalue weighted by Crippen LogP contribution is 2.08. The lowest BCUT2D eigenvalue weighted by atomic mass is 10.2. The summed E-state index contributed by atoms with van der Waals surface area (Å²) in [5.74, 6) is -0.280. The number of allylic oxidation sites excluding steroid dienone is 4. The van der Waals surface area contributed by atoms with E-state index in [1.54, 1.807) is 36.7 Å². The average Bonchev–Trinajstić information content (AvgIpc) is 2.34. The highest BCUT2D eigenvalue weighted by molar-refractivity contribution is 5.69. The van der Waals surface area contributed by atoms with Gasteiger partial charge in [0.2, 0.25) is 0 Å². The predicted octanol–water partition coefficient (Wildman–Crippen LogP) is 2.47. The number of carboxylic acids is 1. The Balaban J connectivity index is 2.63. The van der Waals surface area contributed by atoms with Gasteiger partial charge in [-0.05, 0) is 13.0 Å². The van der Waals surface area contributed by atoms with E-state index in [-0.39, 0.29) is 6.42 Å². The molecule has 4 heteroatoms. The second kappa shape index (κ2) is 6.37. The molecule has 0 aromatic carbocycles. The summed E-state index contributed by atoms with van der Waals surface area (Å²) in [5.41, 5.74) is 1.55. The van der Waals surface area contributed by atoms with Gasteiger partial charge in [-0.2, -0.15) is 0 Å². The van der Waals surface area contributed by atoms with Crippen LogP contribution in [-0.4, -0.2) is 21.0 Å². The van der Waals surface area contributed by atoms with E-state index in [0.29, 0.717) is 11.4 Å². The maximum Gasteiger partial charge on any atom is 0.307 e. The maximum absolute atomic E-state index is 10.4. The molecule has 17 heavy (non-hydrogen) atoms. The molecule has 1 aromatic heterocycles. The molecule has 0 amide bonds. The second-order valence-corrected chi connectivity index (χ2v) is 3.48. The average molecular weight is 230 g/mol. The summed E-state index contributed by atoms with van der Waals surface area (Å²) < 4.78 is 0. The number of nitrogens with zero attached hydrogens (tertiary/aromatic N) is 2. The molecule has 0 unspecified atom stereocenters. The van der Waals surface area contributed by atoms with E-state index in [4.69, 9.17) is 5.11 Å². The molecule has 0 atom stereocenters. The fraction of sp³-hybridized carbons (Fsp3) is 0.154. The van der Waals surface area contributed by atoms with Crippen molar-refractivity contribution in [1.29, 1.82) is 0 Å². The first kappa shape index (κ1) is 12.8. The van der Waals surface area contributed by atoms with Crippen molar-refractivity contribution in [3.05, 3.63) is 54.7 Å². The number of carboxylic acid groups (broad SMARTS) is 1. The Bertz CT molecular complexity index is 462. The smallest absolute Gasteiger partial charge is 0.307 e. The fourth-order valence-corrected chi connectivity index (χ4v) is 1.09. The van der Waals surface area contributed by atoms with Crippen molar-refractivity contribution in [3.63, 3.8) is 0 Å². The summed E-state index contributed by atoms with van der Waals surface area (Å²) >= 11 is 0. The van der Waals surface area contributed by atoms with Crippen molar-refractivity contribution >= 4 is 11.5 Å². The zero-order valence-corrected chi connectivity index (χ0v) is 9.63. The Morgan fingerprint density at radius 3 is 2.65 bits per heavy atom. The molecule has 1 N–H and O–H groups in total. The SMILES string of the molecule is C=C(/C=C\C(C)=C/CC(=O)O)c1ncccn1. The molecule has 0 aliphatic carbocycles. The third kappa shape index (κ3) is 4.88. The van der Waals surface area contributed by atoms with Crippen molar-refractivity contribution in [2.75, 3.05) is 0 Å². The maximum atomic E-state index is 10.4. The molecule has 88 valence electrons. The first-order valence-corrected chi connectivity index (χ1v) is 5.12. The van der Waals surface area contributed by atoms with E-state index < -0.39 is 5.97 Å². The van der Waals surface area contributed by atoms with Crippen LogP contribution in [-0.2, 0) is 4.79 Å². The summed E-state index contributed by atoms with van der Waals surface area (Å²) in [5, 5.41) is 8.51. The standard InChI is InChI=1S/C13H14N2O2/c1-10(5-7-12(16)17)4-6-11(2)13-14-8-3-9-15-13/h3-6,8-9H,2,7H2,1H3,(H,16,17)/b6-4-,10-5-. The van der Waals surface area contributed by atoms with Crippen LogP contribution in [0.5, 0.6) is 0 Å². The van der Waals surface area contributed by atoms with Gasteiger partial charge in [0.25, 0.3) is 0 Å². The van der Waals surface area contributed by atoms with Gasteiger partial charge in [-0.25, -0.2) is 9.97 Å². The van der Waals surface area contributed by atoms with Gasteiger partial charge < -0.3 is 5.11 Å². The summed E-state index contributed by atoms with van der Waals surface area (Å²) in [6.07, 6.45) is 8.51. The van der Waals surface area contributed by atoms with Crippen LogP contribution in [0.4, 0.5) is 0 Å². The van der Waals surface area contributed by atoms with Crippen molar-refractivity contribution in [2.24, 2.45) is 0 Å². The monoisotopic (exact) mass is 230 g/mol. The normalized spacial score (nSPS) is 11.7. The number of aromatic nitrogens is 2. The van der Waals surface area contributed by atoms with Crippen LogP contribution in [0.1, 0.15) is 19.2 Å². The summed E-state index contributed by atoms with van der Waals surface area (Å²) in [4.78, 5) is 18.5. The molecule has 0 radical (unpaired) electrons. The van der Waals surface area contributed by atoms with Gasteiger partial charge in [-0.15, -0.1) is 0 Å². The lowest BCUT2D eigenvalue weighted by Gasteiger charge is -1.97. The zero-order valence-electron chi connectivity index (χ0n) is 9.63. The highest BCUT2D eigenvalue weighted by atomic mass is 16.4. The zero-order chi connectivity index (χ0) is 12.7. The summed E-state index contributed by atoms with van der Waals surface area (Å²) in [6.45, 7) is 5.67. The number of rotatable bonds is 5. The Hall–Kier alpha value is -2.23. The number of carbonyl (C=O) groups is 1. The van der Waals surface area contributed by atoms with Gasteiger partial charge >= 0.3 is 5.97 Å². The molecule has 0 aliphatic heterocycles. The molecule has 0 saturated carbocycles. The molecule has 1 aromatic rings. The number of hydrogen-bond donors (Lipinski definition) is 1. The topological polar surface area (TPSA) is 63.1 Å². The van der Waals surface area contributed by atoms with Gasteiger partial charge in [0.05, 0.1) is 6.42 Å². The molecule has 0 aliphatic rings. The van der Waals surface area contributed by atoms with E-state index in [1.165, 1.54) is 0 Å². The second-order valence-electron chi connectivity index (χ2n) is 3.48. The highest BCUT2D eigenvalue weighted by Gasteiger charge is 1.96. The van der Waals surface area contributed by atoms with Crippen LogP contribution in [0.3, 0.4) is 0 Å². The molecule has 0 bridgehead atoms. The van der Waals surface area contributed by atoms with Crippen LogP contribution < -0.4 is 0 Å². The first-order valence-electron chi connectivity index (χ1n) is 5.12. The van der Waals surface area contributed by atoms with E-state index >= 15 is 0 Å². The quantitative estimate of drug-likeness (QED) is 0.789. The van der Waals surface area contributed by atoms with E-state index in [1.807, 2.05) is 6.92 Å². The van der Waals surface area contributed by atoms with E-state index in [2.05, 4.69) is 16.5 Å². The molecule has 1 rings (SSSR count). The molecule has 0 fully saturated rings. The van der Waals surface area contributed by atoms with Gasteiger partial charge in [0, 0.05) is 18.0 Å². The van der Waals surface area contributed by atoms with Gasteiger partial charge in [0.1, 0.15) is 0 Å². The lowest BCUT2D eigenvalue weighted by molar-refractivity contribution is -0.136. The van der Waals surface area contributed by atoms with Crippen LogP contribution in [0.15, 0.2) is 48.8 Å². The van der Waals surface area contributed by atoms with E-state index in [0.717, 1.165) is 5.57 Å². The summed E-state index contributed by atoms with van der Waals surface area (Å²) in [6, 6.07) is 1.73. The molecule has 4 nitrogen and oxygen atoms in total. The largest absolute Gasteiger partial charge is 0.481 e. The predicted molar refractivity (Wildman–Crippen MR) is 66.2 cm³/mol. The van der Waals surface area contributed by atoms with Crippen LogP contribution in [0.25, 0.3) is 5.57 Å². The molecular weight excluding hydrogens is 216 g/mol. The lowest BCUT2D eigenvalue weighted by Crippen LogP contribution is -1.91. The third-order valence-corrected chi connectivity index (χ3v) is 2.00. The first-order chi connectivity index (χ1) is 8.09. The summed E-state index contributed by atoms with van der Waals surface area (Å²) in [7, 11) is 0. The van der Waals surface area contributed by atoms with Gasteiger partial charge in [-0.1, -0.05) is 30.4 Å². The third-order valence-electron chi connectivity index (χ3n) is 2.00. The minimum absolute atomic E-state index is 0.0183. The molecule has 0 saturated heterocycles. The van der Waals surface area contributed by atoms with Crippen molar-refractivity contribution in [1.82, 2.24) is 9.97 Å². The fourth-order valence-electron chi connectivity index (χ4n) is 1.09. The number of aliphatic carboxylic acids is 1. The van der Waals surface area contributed by atoms with Crippen LogP contribution in [0.2, 0.25) is 0 Å². The van der Waals surface area contributed by atoms with Gasteiger partial charge in [-0.3, -0.25) is 4.79 Å².